The number of benzene rings is 5. The van der Waals surface area contributed by atoms with Crippen molar-refractivity contribution in [3.63, 3.8) is 0 Å². The van der Waals surface area contributed by atoms with Crippen molar-refractivity contribution in [2.24, 2.45) is 5.92 Å². The molecule has 0 bridgehead atoms. The van der Waals surface area contributed by atoms with Crippen molar-refractivity contribution in [2.45, 2.75) is 49.2 Å². The zero-order valence-electron chi connectivity index (χ0n) is 28.5. The minimum atomic E-state index is -0.968. The van der Waals surface area contributed by atoms with Gasteiger partial charge >= 0.3 is 0 Å². The number of amides is 1. The number of thioether (sulfide) groups is 1. The molecule has 6 heteroatoms. The lowest BCUT2D eigenvalue weighted by molar-refractivity contribution is -0.131. The summed E-state index contributed by atoms with van der Waals surface area (Å²) in [6.07, 6.45) is 3.37. The maximum Gasteiger partial charge on any atom is 0.267 e. The van der Waals surface area contributed by atoms with E-state index in [0.717, 1.165) is 23.3 Å². The highest BCUT2D eigenvalue weighted by Gasteiger charge is 2.57. The summed E-state index contributed by atoms with van der Waals surface area (Å²) in [5.74, 6) is 0.542. The van der Waals surface area contributed by atoms with Crippen LogP contribution in [-0.4, -0.2) is 39.0 Å². The Morgan fingerprint density at radius 2 is 1.20 bits per heavy atom. The summed E-state index contributed by atoms with van der Waals surface area (Å²) in [6.45, 7) is 4.16. The molecule has 0 unspecified atom stereocenters. The maximum absolute atomic E-state index is 14.0. The van der Waals surface area contributed by atoms with E-state index in [-0.39, 0.29) is 23.4 Å². The maximum atomic E-state index is 14.0. The van der Waals surface area contributed by atoms with Crippen LogP contribution in [0.2, 0.25) is 0 Å². The van der Waals surface area contributed by atoms with Crippen LogP contribution in [0.25, 0.3) is 0 Å². The normalized spacial score (nSPS) is 16.4. The molecule has 0 saturated carbocycles. The van der Waals surface area contributed by atoms with Gasteiger partial charge in [-0.25, -0.2) is 0 Å². The molecule has 1 heterocycles. The van der Waals surface area contributed by atoms with Crippen molar-refractivity contribution < 1.29 is 14.6 Å². The third-order valence-corrected chi connectivity index (χ3v) is 11.2. The fourth-order valence-corrected chi connectivity index (χ4v) is 9.03. The van der Waals surface area contributed by atoms with Crippen LogP contribution in [0.5, 0.6) is 0 Å². The second-order valence-corrected chi connectivity index (χ2v) is 14.6. The standard InChI is InChI=1S/C44H43NO3S2/c1-33(2)41-43(34-20-8-3-9-21-34,35-22-10-4-11-23-35)48-42(49)45(41)40(47)32-39(46)30-18-19-31-50-44(36-24-12-5-13-25-36,37-26-14-6-15-27-37)38-28-16-7-17-29-38/h3-18,20-30,33,39,41,46H,19,31-32H2,1-2H3/b30-18+/t39-,41-/m0/s1. The number of carbonyl (C=O) groups is 1. The second-order valence-electron chi connectivity index (χ2n) is 12.9. The van der Waals surface area contributed by atoms with E-state index in [9.17, 15) is 9.90 Å². The summed E-state index contributed by atoms with van der Waals surface area (Å²) in [5, 5.41) is 11.3. The molecular weight excluding hydrogens is 655 g/mol. The number of aliphatic hydroxyl groups excluding tert-OH is 1. The lowest BCUT2D eigenvalue weighted by Crippen LogP contribution is -2.50. The van der Waals surface area contributed by atoms with E-state index >= 15 is 0 Å². The van der Waals surface area contributed by atoms with Gasteiger partial charge in [0, 0.05) is 11.1 Å². The number of nitrogens with zero attached hydrogens (tertiary/aromatic N) is 1. The smallest absolute Gasteiger partial charge is 0.267 e. The van der Waals surface area contributed by atoms with Crippen LogP contribution in [0.15, 0.2) is 164 Å². The largest absolute Gasteiger partial charge is 0.452 e. The summed E-state index contributed by atoms with van der Waals surface area (Å²) >= 11 is 7.64. The molecule has 1 aliphatic rings. The Kier molecular flexibility index (Phi) is 11.3. The fourth-order valence-electron chi connectivity index (χ4n) is 7.21. The van der Waals surface area contributed by atoms with Crippen molar-refractivity contribution in [3.8, 4) is 0 Å². The monoisotopic (exact) mass is 697 g/mol. The molecule has 1 N–H and O–H groups in total. The highest BCUT2D eigenvalue weighted by Crippen LogP contribution is 2.49. The fraction of sp³-hybridized carbons (Fsp3) is 0.227. The van der Waals surface area contributed by atoms with Gasteiger partial charge in [0.2, 0.25) is 5.91 Å². The second kappa shape index (κ2) is 16.0. The molecule has 1 aliphatic heterocycles. The number of rotatable bonds is 13. The topological polar surface area (TPSA) is 49.8 Å². The van der Waals surface area contributed by atoms with Gasteiger partial charge in [-0.2, -0.15) is 0 Å². The highest BCUT2D eigenvalue weighted by atomic mass is 32.2. The number of hydrogen-bond acceptors (Lipinski definition) is 5. The van der Waals surface area contributed by atoms with E-state index in [1.165, 1.54) is 16.7 Å². The molecule has 254 valence electrons. The lowest BCUT2D eigenvalue weighted by atomic mass is 9.75. The van der Waals surface area contributed by atoms with Crippen LogP contribution in [0.3, 0.4) is 0 Å². The van der Waals surface area contributed by atoms with Gasteiger partial charge in [0.25, 0.3) is 5.17 Å². The summed E-state index contributed by atoms with van der Waals surface area (Å²) in [4.78, 5) is 15.6. The molecule has 2 atom stereocenters. The molecule has 1 saturated heterocycles. The van der Waals surface area contributed by atoms with E-state index in [1.54, 1.807) is 11.0 Å². The Morgan fingerprint density at radius 3 is 1.62 bits per heavy atom. The molecule has 5 aromatic rings. The summed E-state index contributed by atoms with van der Waals surface area (Å²) in [6, 6.07) is 51.4. The third-order valence-electron chi connectivity index (χ3n) is 9.33. The minimum Gasteiger partial charge on any atom is -0.452 e. The van der Waals surface area contributed by atoms with Crippen LogP contribution >= 0.6 is 24.0 Å². The SMILES string of the molecule is CC(C)[C@@H]1N(C(=O)C[C@@H](O)/C=C/CCSC(c2ccccc2)(c2ccccc2)c2ccccc2)C(=S)OC1(c1ccccc1)c1ccccc1. The summed E-state index contributed by atoms with van der Waals surface area (Å²) in [7, 11) is 0. The average molecular weight is 698 g/mol. The first-order valence-corrected chi connectivity index (χ1v) is 18.6. The first-order chi connectivity index (χ1) is 24.4. The van der Waals surface area contributed by atoms with Crippen LogP contribution < -0.4 is 0 Å². The van der Waals surface area contributed by atoms with Gasteiger partial charge in [0.05, 0.1) is 23.3 Å². The molecule has 1 amide bonds. The van der Waals surface area contributed by atoms with Crippen molar-refractivity contribution >= 4 is 35.1 Å². The first kappa shape index (κ1) is 35.3. The molecule has 5 aromatic carbocycles. The quantitative estimate of drug-likeness (QED) is 0.0575. The Hall–Kier alpha value is -4.49. The number of hydrogen-bond donors (Lipinski definition) is 1. The highest BCUT2D eigenvalue weighted by molar-refractivity contribution is 8.00. The van der Waals surface area contributed by atoms with Gasteiger partial charge in [-0.1, -0.05) is 178 Å². The Morgan fingerprint density at radius 1 is 0.780 bits per heavy atom. The van der Waals surface area contributed by atoms with Crippen LogP contribution in [0.4, 0.5) is 0 Å². The van der Waals surface area contributed by atoms with Crippen LogP contribution in [0, 0.1) is 5.92 Å². The van der Waals surface area contributed by atoms with E-state index < -0.39 is 22.5 Å². The molecule has 4 nitrogen and oxygen atoms in total. The molecule has 6 rings (SSSR count). The van der Waals surface area contributed by atoms with E-state index in [2.05, 4.69) is 86.6 Å². The molecule has 1 fully saturated rings. The zero-order chi connectivity index (χ0) is 35.0. The molecule has 0 aliphatic carbocycles. The Bertz CT molecular complexity index is 1730. The predicted octanol–water partition coefficient (Wildman–Crippen LogP) is 9.52. The third kappa shape index (κ3) is 7.06. The molecule has 0 spiro atoms. The van der Waals surface area contributed by atoms with Crippen molar-refractivity contribution in [2.75, 3.05) is 5.75 Å². The average Bonchev–Trinajstić information content (AvgIpc) is 3.49. The molecule has 0 aromatic heterocycles. The van der Waals surface area contributed by atoms with Gasteiger partial charge in [0.1, 0.15) is 0 Å². The minimum absolute atomic E-state index is 0.00336. The summed E-state index contributed by atoms with van der Waals surface area (Å²) < 4.78 is 6.19. The van der Waals surface area contributed by atoms with Crippen LogP contribution in [-0.2, 0) is 19.9 Å². The molecular formula is C44H43NO3S2. The van der Waals surface area contributed by atoms with Gasteiger partial charge in [-0.3, -0.25) is 9.69 Å². The van der Waals surface area contributed by atoms with Gasteiger partial charge in [0.15, 0.2) is 5.60 Å². The Balaban J connectivity index is 1.18. The van der Waals surface area contributed by atoms with E-state index in [0.29, 0.717) is 0 Å². The van der Waals surface area contributed by atoms with Crippen molar-refractivity contribution in [1.82, 2.24) is 4.90 Å². The van der Waals surface area contributed by atoms with Crippen molar-refractivity contribution in [3.05, 3.63) is 192 Å². The number of carbonyl (C=O) groups excluding carboxylic acids is 1. The summed E-state index contributed by atoms with van der Waals surface area (Å²) in [5.41, 5.74) is 4.52. The molecule has 50 heavy (non-hydrogen) atoms. The number of thiocarbonyl (C=S) groups is 1. The number of aliphatic hydroxyl groups is 1. The van der Waals surface area contributed by atoms with E-state index in [4.69, 9.17) is 17.0 Å². The van der Waals surface area contributed by atoms with E-state index in [1.807, 2.05) is 96.7 Å². The lowest BCUT2D eigenvalue weighted by Gasteiger charge is -2.38. The van der Waals surface area contributed by atoms with Gasteiger partial charge < -0.3 is 9.84 Å². The zero-order valence-corrected chi connectivity index (χ0v) is 30.1. The van der Waals surface area contributed by atoms with Gasteiger partial charge in [-0.15, -0.1) is 11.8 Å². The number of ether oxygens (including phenoxy) is 1. The van der Waals surface area contributed by atoms with Crippen molar-refractivity contribution in [1.29, 1.82) is 0 Å². The predicted molar refractivity (Wildman–Crippen MR) is 209 cm³/mol. The number of allylic oxidation sites excluding steroid dienone is 1. The van der Waals surface area contributed by atoms with Crippen LogP contribution in [0.1, 0.15) is 54.5 Å². The van der Waals surface area contributed by atoms with Gasteiger partial charge in [-0.05, 0) is 47.0 Å². The first-order valence-electron chi connectivity index (χ1n) is 17.2. The molecule has 0 radical (unpaired) electrons. The Labute approximate surface area is 305 Å².